The molecule has 0 saturated heterocycles. The molecule has 0 spiro atoms. The fourth-order valence-corrected chi connectivity index (χ4v) is 6.53. The molecule has 5 rings (SSSR count). The Labute approximate surface area is 229 Å². The van der Waals surface area contributed by atoms with Crippen LogP contribution in [0.4, 0.5) is 0 Å². The van der Waals surface area contributed by atoms with E-state index in [4.69, 9.17) is 0 Å². The molecule has 6 heteroatoms. The molecule has 0 radical (unpaired) electrons. The molecule has 1 unspecified atom stereocenters. The predicted molar refractivity (Wildman–Crippen MR) is 152 cm³/mol. The standard InChI is InChI=1S/C33H25N3O2S/c1-23-13-17-27(18-14-23)33-30(22-35)31(25-9-5-3-6-10-25)29(21-34)32(26-11-7-4-8-12-26)36(33)39(37,38)28-19-15-24(2)16-20-28/h3-20,32H,1-2H3. The summed E-state index contributed by atoms with van der Waals surface area (Å²) in [6.07, 6.45) is 0. The molecular weight excluding hydrogens is 502 g/mol. The van der Waals surface area contributed by atoms with Gasteiger partial charge < -0.3 is 0 Å². The van der Waals surface area contributed by atoms with E-state index < -0.39 is 16.1 Å². The van der Waals surface area contributed by atoms with Gasteiger partial charge >= 0.3 is 0 Å². The Balaban J connectivity index is 1.94. The molecule has 39 heavy (non-hydrogen) atoms. The Morgan fingerprint density at radius 1 is 0.667 bits per heavy atom. The Hall–Kier alpha value is -4.91. The minimum absolute atomic E-state index is 0.0800. The molecule has 1 atom stereocenters. The fraction of sp³-hybridized carbons (Fsp3) is 0.0909. The van der Waals surface area contributed by atoms with Gasteiger partial charge in [0, 0.05) is 11.1 Å². The number of rotatable bonds is 5. The van der Waals surface area contributed by atoms with E-state index in [9.17, 15) is 18.9 Å². The van der Waals surface area contributed by atoms with E-state index in [1.165, 1.54) is 4.31 Å². The second kappa shape index (κ2) is 10.5. The molecule has 4 aromatic carbocycles. The number of allylic oxidation sites excluding steroid dienone is 2. The lowest BCUT2D eigenvalue weighted by molar-refractivity contribution is 0.461. The second-order valence-electron chi connectivity index (χ2n) is 9.40. The summed E-state index contributed by atoms with van der Waals surface area (Å²) in [6.45, 7) is 3.83. The number of aryl methyl sites for hydroxylation is 2. The Morgan fingerprint density at radius 2 is 1.21 bits per heavy atom. The molecule has 0 saturated carbocycles. The van der Waals surface area contributed by atoms with E-state index in [0.717, 1.165) is 11.1 Å². The highest BCUT2D eigenvalue weighted by molar-refractivity contribution is 7.89. The molecule has 0 fully saturated rings. The van der Waals surface area contributed by atoms with Crippen LogP contribution in [-0.2, 0) is 10.0 Å². The van der Waals surface area contributed by atoms with Crippen molar-refractivity contribution in [1.29, 1.82) is 10.5 Å². The molecule has 0 aromatic heterocycles. The average Bonchev–Trinajstić information content (AvgIpc) is 2.97. The highest BCUT2D eigenvalue weighted by Crippen LogP contribution is 2.50. The van der Waals surface area contributed by atoms with Crippen LogP contribution in [0.15, 0.2) is 125 Å². The minimum Gasteiger partial charge on any atom is -0.252 e. The zero-order chi connectivity index (χ0) is 27.6. The Morgan fingerprint density at radius 3 is 1.74 bits per heavy atom. The summed E-state index contributed by atoms with van der Waals surface area (Å²) in [4.78, 5) is 0.0800. The van der Waals surface area contributed by atoms with Gasteiger partial charge in [-0.25, -0.2) is 8.42 Å². The van der Waals surface area contributed by atoms with E-state index in [1.807, 2.05) is 98.8 Å². The molecular formula is C33H25N3O2S. The van der Waals surface area contributed by atoms with Crippen LogP contribution in [0.5, 0.6) is 0 Å². The van der Waals surface area contributed by atoms with Crippen molar-refractivity contribution >= 4 is 21.3 Å². The third-order valence-corrected chi connectivity index (χ3v) is 8.58. The van der Waals surface area contributed by atoms with Crippen molar-refractivity contribution in [3.8, 4) is 12.1 Å². The number of nitrogens with zero attached hydrogens (tertiary/aromatic N) is 3. The minimum atomic E-state index is -4.24. The highest BCUT2D eigenvalue weighted by atomic mass is 32.2. The fourth-order valence-electron chi connectivity index (χ4n) is 4.88. The molecule has 190 valence electrons. The predicted octanol–water partition coefficient (Wildman–Crippen LogP) is 6.96. The van der Waals surface area contributed by atoms with Crippen molar-refractivity contribution in [2.75, 3.05) is 0 Å². The van der Waals surface area contributed by atoms with Crippen molar-refractivity contribution in [2.24, 2.45) is 0 Å². The normalized spacial score (nSPS) is 15.6. The Bertz CT molecular complexity index is 1780. The van der Waals surface area contributed by atoms with E-state index in [2.05, 4.69) is 12.1 Å². The monoisotopic (exact) mass is 527 g/mol. The van der Waals surface area contributed by atoms with Crippen LogP contribution in [0.25, 0.3) is 11.3 Å². The van der Waals surface area contributed by atoms with E-state index in [-0.39, 0.29) is 21.7 Å². The van der Waals surface area contributed by atoms with Crippen molar-refractivity contribution in [3.63, 3.8) is 0 Å². The lowest BCUT2D eigenvalue weighted by Crippen LogP contribution is -2.38. The maximum Gasteiger partial charge on any atom is 0.265 e. The van der Waals surface area contributed by atoms with Crippen LogP contribution < -0.4 is 0 Å². The zero-order valence-corrected chi connectivity index (χ0v) is 22.4. The first-order valence-electron chi connectivity index (χ1n) is 12.4. The molecule has 0 N–H and O–H groups in total. The maximum absolute atomic E-state index is 14.5. The van der Waals surface area contributed by atoms with Crippen LogP contribution in [0.3, 0.4) is 0 Å². The van der Waals surface area contributed by atoms with E-state index >= 15 is 0 Å². The Kier molecular flexibility index (Phi) is 6.90. The SMILES string of the molecule is Cc1ccc(C2=C(C#N)C(c3ccccc3)=C(C#N)C(c3ccccc3)N2S(=O)(=O)c2ccc(C)cc2)cc1. The van der Waals surface area contributed by atoms with Gasteiger partial charge in [0.25, 0.3) is 10.0 Å². The summed E-state index contributed by atoms with van der Waals surface area (Å²) in [6, 6.07) is 35.9. The van der Waals surface area contributed by atoms with Gasteiger partial charge in [0.2, 0.25) is 0 Å². The van der Waals surface area contributed by atoms with Crippen molar-refractivity contribution in [3.05, 3.63) is 148 Å². The van der Waals surface area contributed by atoms with Crippen molar-refractivity contribution in [1.82, 2.24) is 4.31 Å². The number of benzene rings is 4. The lowest BCUT2D eigenvalue weighted by atomic mass is 9.82. The van der Waals surface area contributed by atoms with Gasteiger partial charge in [-0.2, -0.15) is 10.5 Å². The molecule has 1 aliphatic rings. The first-order chi connectivity index (χ1) is 18.9. The first kappa shape index (κ1) is 25.7. The molecule has 0 aliphatic carbocycles. The molecule has 4 aromatic rings. The summed E-state index contributed by atoms with van der Waals surface area (Å²) in [5.74, 6) is 0. The molecule has 1 aliphatic heterocycles. The molecule has 0 bridgehead atoms. The van der Waals surface area contributed by atoms with Crippen molar-refractivity contribution in [2.45, 2.75) is 24.8 Å². The summed E-state index contributed by atoms with van der Waals surface area (Å²) in [7, 11) is -4.24. The third kappa shape index (κ3) is 4.63. The van der Waals surface area contributed by atoms with Crippen LogP contribution in [0.2, 0.25) is 0 Å². The van der Waals surface area contributed by atoms with Gasteiger partial charge in [-0.05, 0) is 37.1 Å². The van der Waals surface area contributed by atoms with Gasteiger partial charge in [-0.3, -0.25) is 4.31 Å². The van der Waals surface area contributed by atoms with Crippen LogP contribution in [0.1, 0.15) is 33.9 Å². The third-order valence-electron chi connectivity index (χ3n) is 6.80. The van der Waals surface area contributed by atoms with Gasteiger partial charge in [-0.1, -0.05) is 108 Å². The quantitative estimate of drug-likeness (QED) is 0.281. The number of hydrogen-bond donors (Lipinski definition) is 0. The largest absolute Gasteiger partial charge is 0.265 e. The number of hydrogen-bond acceptors (Lipinski definition) is 4. The summed E-state index contributed by atoms with van der Waals surface area (Å²) >= 11 is 0. The van der Waals surface area contributed by atoms with Crippen LogP contribution >= 0.6 is 0 Å². The molecule has 5 nitrogen and oxygen atoms in total. The number of nitriles is 2. The van der Waals surface area contributed by atoms with Gasteiger partial charge in [0.15, 0.2) is 0 Å². The zero-order valence-electron chi connectivity index (χ0n) is 21.5. The highest BCUT2D eigenvalue weighted by Gasteiger charge is 2.44. The van der Waals surface area contributed by atoms with Crippen LogP contribution in [-0.4, -0.2) is 12.7 Å². The molecule has 1 heterocycles. The molecule has 0 amide bonds. The average molecular weight is 528 g/mol. The lowest BCUT2D eigenvalue weighted by Gasteiger charge is -2.39. The second-order valence-corrected chi connectivity index (χ2v) is 11.2. The smallest absolute Gasteiger partial charge is 0.252 e. The van der Waals surface area contributed by atoms with Gasteiger partial charge in [0.05, 0.1) is 27.8 Å². The summed E-state index contributed by atoms with van der Waals surface area (Å²) in [5, 5.41) is 21.2. The number of sulfonamides is 1. The first-order valence-corrected chi connectivity index (χ1v) is 13.9. The topological polar surface area (TPSA) is 85.0 Å². The van der Waals surface area contributed by atoms with Crippen molar-refractivity contribution < 1.29 is 8.42 Å². The maximum atomic E-state index is 14.5. The summed E-state index contributed by atoms with van der Waals surface area (Å²) in [5.41, 5.74) is 4.77. The van der Waals surface area contributed by atoms with Gasteiger partial charge in [0.1, 0.15) is 12.1 Å². The van der Waals surface area contributed by atoms with E-state index in [0.29, 0.717) is 22.3 Å². The van der Waals surface area contributed by atoms with Crippen LogP contribution in [0, 0.1) is 36.5 Å². The van der Waals surface area contributed by atoms with Gasteiger partial charge in [-0.15, -0.1) is 0 Å². The van der Waals surface area contributed by atoms with E-state index in [1.54, 1.807) is 24.3 Å². The summed E-state index contributed by atoms with van der Waals surface area (Å²) < 4.78 is 30.4.